The first kappa shape index (κ1) is 19.5. The van der Waals surface area contributed by atoms with E-state index in [0.29, 0.717) is 11.8 Å². The maximum Gasteiger partial charge on any atom is 0.123 e. The summed E-state index contributed by atoms with van der Waals surface area (Å²) in [5, 5.41) is 10.7. The van der Waals surface area contributed by atoms with Gasteiger partial charge in [-0.2, -0.15) is 0 Å². The van der Waals surface area contributed by atoms with Crippen LogP contribution in [-0.2, 0) is 0 Å². The third-order valence-electron chi connectivity index (χ3n) is 2.75. The highest BCUT2D eigenvalue weighted by molar-refractivity contribution is 5.95. The molecule has 1 heterocycles. The van der Waals surface area contributed by atoms with Crippen LogP contribution in [0.1, 0.15) is 48.0 Å². The molecule has 1 fully saturated rings. The Bertz CT molecular complexity index is 256. The maximum absolute atomic E-state index is 7.91. The maximum atomic E-state index is 7.91. The van der Waals surface area contributed by atoms with Crippen LogP contribution in [0.5, 0.6) is 0 Å². The van der Waals surface area contributed by atoms with E-state index in [1.54, 1.807) is 0 Å². The number of nitrogens with one attached hydrogen (secondary N) is 2. The third-order valence-corrected chi connectivity index (χ3v) is 2.75. The Morgan fingerprint density at radius 1 is 1.33 bits per heavy atom. The minimum absolute atomic E-state index is 0.134. The number of hydrogen-bond donors (Lipinski definition) is 2. The molecule has 0 aliphatic carbocycles. The second-order valence-electron chi connectivity index (χ2n) is 5.36. The highest BCUT2D eigenvalue weighted by Gasteiger charge is 2.37. The minimum atomic E-state index is 0.134. The highest BCUT2D eigenvalue weighted by atomic mass is 15.2. The van der Waals surface area contributed by atoms with E-state index >= 15 is 0 Å². The summed E-state index contributed by atoms with van der Waals surface area (Å²) in [6.45, 7) is 17.4. The standard InChI is InChI=1S/C11H20N2.C2H7N.C2H6/c1-8(2)10(12)13-7-9(3)6-11(13,4)5;1-3-2;1-2/h9,12H,1,6-7H2,2-5H3;3H,1-2H3;1-2H3. The SMILES string of the molecule is C=C(C)C(=N)N1CC(C)CC1(C)C.CC.CNC. The molecule has 0 aromatic rings. The zero-order valence-corrected chi connectivity index (χ0v) is 13.6. The van der Waals surface area contributed by atoms with Gasteiger partial charge in [0.2, 0.25) is 0 Å². The molecule has 0 aromatic heterocycles. The van der Waals surface area contributed by atoms with Crippen molar-refractivity contribution in [1.82, 2.24) is 10.2 Å². The Labute approximate surface area is 114 Å². The Balaban J connectivity index is 0. The average Bonchev–Trinajstić information content (AvgIpc) is 2.54. The van der Waals surface area contributed by atoms with Crippen LogP contribution < -0.4 is 5.32 Å². The van der Waals surface area contributed by atoms with E-state index in [0.717, 1.165) is 12.1 Å². The molecule has 1 aliphatic rings. The molecular weight excluding hydrogens is 222 g/mol. The molecule has 0 radical (unpaired) electrons. The van der Waals surface area contributed by atoms with Crippen molar-refractivity contribution in [3.63, 3.8) is 0 Å². The van der Waals surface area contributed by atoms with Crippen LogP contribution in [0.4, 0.5) is 0 Å². The van der Waals surface area contributed by atoms with Gasteiger partial charge in [0.25, 0.3) is 0 Å². The monoisotopic (exact) mass is 255 g/mol. The van der Waals surface area contributed by atoms with Crippen molar-refractivity contribution in [2.45, 2.75) is 53.5 Å². The van der Waals surface area contributed by atoms with Gasteiger partial charge in [-0.15, -0.1) is 0 Å². The van der Waals surface area contributed by atoms with Crippen LogP contribution in [0.3, 0.4) is 0 Å². The molecule has 0 bridgehead atoms. The summed E-state index contributed by atoms with van der Waals surface area (Å²) >= 11 is 0. The lowest BCUT2D eigenvalue weighted by atomic mass is 9.97. The first-order valence-electron chi connectivity index (χ1n) is 6.86. The van der Waals surface area contributed by atoms with Gasteiger partial charge in [0.05, 0.1) is 0 Å². The van der Waals surface area contributed by atoms with Crippen LogP contribution in [-0.4, -0.2) is 36.9 Å². The lowest BCUT2D eigenvalue weighted by Gasteiger charge is -2.33. The second-order valence-corrected chi connectivity index (χ2v) is 5.36. The Kier molecular flexibility index (Phi) is 9.91. The van der Waals surface area contributed by atoms with Crippen LogP contribution in [0.15, 0.2) is 12.2 Å². The predicted octanol–water partition coefficient (Wildman–Crippen LogP) is 3.52. The van der Waals surface area contributed by atoms with Crippen molar-refractivity contribution < 1.29 is 0 Å². The summed E-state index contributed by atoms with van der Waals surface area (Å²) in [5.74, 6) is 1.30. The van der Waals surface area contributed by atoms with Gasteiger partial charge in [0.15, 0.2) is 0 Å². The van der Waals surface area contributed by atoms with E-state index in [9.17, 15) is 0 Å². The quantitative estimate of drug-likeness (QED) is 0.556. The Morgan fingerprint density at radius 3 is 1.94 bits per heavy atom. The van der Waals surface area contributed by atoms with Crippen molar-refractivity contribution in [2.75, 3.05) is 20.6 Å². The summed E-state index contributed by atoms with van der Waals surface area (Å²) in [4.78, 5) is 2.17. The summed E-state index contributed by atoms with van der Waals surface area (Å²) in [5.41, 5.74) is 0.998. The van der Waals surface area contributed by atoms with E-state index in [4.69, 9.17) is 5.41 Å². The zero-order chi connectivity index (χ0) is 14.9. The number of hydrogen-bond acceptors (Lipinski definition) is 2. The molecular formula is C15H33N3. The summed E-state index contributed by atoms with van der Waals surface area (Å²) in [6, 6.07) is 0. The molecule has 1 atom stereocenters. The molecule has 108 valence electrons. The van der Waals surface area contributed by atoms with Gasteiger partial charge in [0, 0.05) is 12.1 Å². The topological polar surface area (TPSA) is 39.1 Å². The number of amidine groups is 1. The molecule has 0 aromatic carbocycles. The molecule has 0 spiro atoms. The zero-order valence-electron chi connectivity index (χ0n) is 13.6. The Morgan fingerprint density at radius 2 is 1.72 bits per heavy atom. The van der Waals surface area contributed by atoms with Crippen LogP contribution in [0, 0.1) is 11.3 Å². The normalized spacial score (nSPS) is 20.2. The summed E-state index contributed by atoms with van der Waals surface area (Å²) in [6.07, 6.45) is 1.17. The predicted molar refractivity (Wildman–Crippen MR) is 83.4 cm³/mol. The van der Waals surface area contributed by atoms with E-state index in [1.807, 2.05) is 34.9 Å². The molecule has 1 aliphatic heterocycles. The Hall–Kier alpha value is -0.830. The van der Waals surface area contributed by atoms with Gasteiger partial charge < -0.3 is 10.2 Å². The molecule has 1 rings (SSSR count). The lowest BCUT2D eigenvalue weighted by Crippen LogP contribution is -2.42. The fourth-order valence-corrected chi connectivity index (χ4v) is 2.21. The molecule has 0 saturated carbocycles. The van der Waals surface area contributed by atoms with Crippen LogP contribution in [0.2, 0.25) is 0 Å². The van der Waals surface area contributed by atoms with Crippen LogP contribution in [0.25, 0.3) is 0 Å². The fourth-order valence-electron chi connectivity index (χ4n) is 2.21. The van der Waals surface area contributed by atoms with E-state index in [2.05, 4.69) is 37.6 Å². The molecule has 3 nitrogen and oxygen atoms in total. The van der Waals surface area contributed by atoms with Crippen LogP contribution >= 0.6 is 0 Å². The van der Waals surface area contributed by atoms with Crippen molar-refractivity contribution >= 4 is 5.84 Å². The van der Waals surface area contributed by atoms with E-state index in [-0.39, 0.29) is 5.54 Å². The third kappa shape index (κ3) is 6.20. The smallest absolute Gasteiger partial charge is 0.123 e. The van der Waals surface area contributed by atoms with E-state index < -0.39 is 0 Å². The fraction of sp³-hybridized carbons (Fsp3) is 0.800. The molecule has 1 unspecified atom stereocenters. The first-order valence-corrected chi connectivity index (χ1v) is 6.86. The number of rotatable bonds is 1. The van der Waals surface area contributed by atoms with Crippen molar-refractivity contribution in [3.8, 4) is 0 Å². The first-order chi connectivity index (χ1) is 8.26. The molecule has 0 amide bonds. The lowest BCUT2D eigenvalue weighted by molar-refractivity contribution is 0.280. The van der Waals surface area contributed by atoms with Gasteiger partial charge in [-0.1, -0.05) is 27.4 Å². The second kappa shape index (κ2) is 9.15. The van der Waals surface area contributed by atoms with Crippen molar-refractivity contribution in [2.24, 2.45) is 5.92 Å². The van der Waals surface area contributed by atoms with Crippen molar-refractivity contribution in [3.05, 3.63) is 12.2 Å². The largest absolute Gasteiger partial charge is 0.351 e. The summed E-state index contributed by atoms with van der Waals surface area (Å²) in [7, 11) is 3.75. The van der Waals surface area contributed by atoms with Gasteiger partial charge in [-0.3, -0.25) is 5.41 Å². The average molecular weight is 255 g/mol. The minimum Gasteiger partial charge on any atom is -0.351 e. The van der Waals surface area contributed by atoms with Gasteiger partial charge >= 0.3 is 0 Å². The summed E-state index contributed by atoms with van der Waals surface area (Å²) < 4.78 is 0. The van der Waals surface area contributed by atoms with E-state index in [1.165, 1.54) is 6.42 Å². The number of nitrogens with zero attached hydrogens (tertiary/aromatic N) is 1. The highest BCUT2D eigenvalue weighted by Crippen LogP contribution is 2.33. The van der Waals surface area contributed by atoms with Gasteiger partial charge in [-0.05, 0) is 52.8 Å². The van der Waals surface area contributed by atoms with Crippen molar-refractivity contribution in [1.29, 1.82) is 5.41 Å². The number of likely N-dealkylation sites (tertiary alicyclic amines) is 1. The molecule has 2 N–H and O–H groups in total. The molecule has 1 saturated heterocycles. The molecule has 3 heteroatoms. The van der Waals surface area contributed by atoms with Gasteiger partial charge in [0.1, 0.15) is 5.84 Å². The van der Waals surface area contributed by atoms with Gasteiger partial charge in [-0.25, -0.2) is 0 Å². The molecule has 18 heavy (non-hydrogen) atoms.